The number of aryl methyl sites for hydroxylation is 2. The average Bonchev–Trinajstić information content (AvgIpc) is 3.34. The van der Waals surface area contributed by atoms with Gasteiger partial charge in [-0.25, -0.2) is 4.68 Å². The fourth-order valence-corrected chi connectivity index (χ4v) is 3.93. The predicted molar refractivity (Wildman–Crippen MR) is 126 cm³/mol. The molecule has 0 amide bonds. The maximum Gasteiger partial charge on any atom is 0.220 e. The van der Waals surface area contributed by atoms with E-state index < -0.39 is 0 Å². The molecule has 0 unspecified atom stereocenters. The van der Waals surface area contributed by atoms with Crippen LogP contribution in [0.5, 0.6) is 0 Å². The van der Waals surface area contributed by atoms with Gasteiger partial charge in [0, 0.05) is 43.7 Å². The van der Waals surface area contributed by atoms with Crippen LogP contribution in [0, 0.1) is 11.7 Å². The van der Waals surface area contributed by atoms with Gasteiger partial charge in [-0.3, -0.25) is 10.00 Å². The summed E-state index contributed by atoms with van der Waals surface area (Å²) in [5, 5.41) is 16.8. The van der Waals surface area contributed by atoms with Gasteiger partial charge in [-0.15, -0.1) is 0 Å². The van der Waals surface area contributed by atoms with Crippen molar-refractivity contribution in [2.75, 3.05) is 33.2 Å². The zero-order valence-corrected chi connectivity index (χ0v) is 19.3. The Morgan fingerprint density at radius 1 is 1.16 bits per heavy atom. The Balaban J connectivity index is 1.59. The molecule has 9 heteroatoms. The molecule has 31 heavy (non-hydrogen) atoms. The van der Waals surface area contributed by atoms with Crippen LogP contribution in [0.15, 0.2) is 35.6 Å². The zero-order chi connectivity index (χ0) is 21.8. The highest BCUT2D eigenvalue weighted by molar-refractivity contribution is 7.71. The minimum Gasteiger partial charge on any atom is -0.304 e. The van der Waals surface area contributed by atoms with Gasteiger partial charge in [-0.1, -0.05) is 36.8 Å². The summed E-state index contributed by atoms with van der Waals surface area (Å²) in [6, 6.07) is 8.36. The van der Waals surface area contributed by atoms with Gasteiger partial charge in [0.15, 0.2) is 5.82 Å². The van der Waals surface area contributed by atoms with Gasteiger partial charge >= 0.3 is 0 Å². The number of rotatable bonds is 7. The van der Waals surface area contributed by atoms with Gasteiger partial charge in [0.25, 0.3) is 0 Å². The molecule has 1 saturated heterocycles. The average molecular weight is 439 g/mol. The maximum absolute atomic E-state index is 5.74. The number of aromatic nitrogens is 5. The summed E-state index contributed by atoms with van der Waals surface area (Å²) in [7, 11) is 2.16. The second-order valence-electron chi connectivity index (χ2n) is 8.13. The Labute approximate surface area is 188 Å². The molecule has 0 saturated carbocycles. The summed E-state index contributed by atoms with van der Waals surface area (Å²) in [5.41, 5.74) is 4.16. The highest BCUT2D eigenvalue weighted by Gasteiger charge is 2.17. The Morgan fingerprint density at radius 2 is 1.90 bits per heavy atom. The Bertz CT molecular complexity index is 1080. The first kappa shape index (κ1) is 21.6. The third kappa shape index (κ3) is 5.00. The zero-order valence-electron chi connectivity index (χ0n) is 18.5. The summed E-state index contributed by atoms with van der Waals surface area (Å²) in [6.07, 6.45) is 5.41. The molecule has 8 nitrogen and oxygen atoms in total. The number of hydrogen-bond acceptors (Lipinski definition) is 6. The first-order valence-corrected chi connectivity index (χ1v) is 11.2. The molecule has 4 rings (SSSR count). The second-order valence-corrected chi connectivity index (χ2v) is 8.50. The van der Waals surface area contributed by atoms with Crippen molar-refractivity contribution < 1.29 is 0 Å². The van der Waals surface area contributed by atoms with Gasteiger partial charge in [0.1, 0.15) is 0 Å². The number of piperazine rings is 1. The fourth-order valence-electron chi connectivity index (χ4n) is 3.68. The molecule has 2 aromatic heterocycles. The molecule has 0 bridgehead atoms. The third-order valence-electron chi connectivity index (χ3n) is 5.61. The molecule has 3 heterocycles. The molecule has 1 N–H and O–H groups in total. The number of nitrogens with zero attached hydrogens (tertiary/aromatic N) is 7. The molecule has 0 radical (unpaired) electrons. The lowest BCUT2D eigenvalue weighted by Crippen LogP contribution is -2.45. The van der Waals surface area contributed by atoms with E-state index in [0.29, 0.717) is 11.4 Å². The van der Waals surface area contributed by atoms with E-state index in [4.69, 9.17) is 22.4 Å². The van der Waals surface area contributed by atoms with Crippen LogP contribution in [0.1, 0.15) is 30.3 Å². The molecular formula is C22H30N8S. The number of aromatic amines is 1. The lowest BCUT2D eigenvalue weighted by Gasteiger charge is -2.31. The molecule has 0 spiro atoms. The van der Waals surface area contributed by atoms with Crippen molar-refractivity contribution in [2.45, 2.75) is 33.4 Å². The molecule has 1 fully saturated rings. The van der Waals surface area contributed by atoms with Crippen LogP contribution in [0.2, 0.25) is 0 Å². The summed E-state index contributed by atoms with van der Waals surface area (Å²) in [6.45, 7) is 9.09. The fraction of sp³-hybridized carbons (Fsp3) is 0.455. The molecule has 164 valence electrons. The van der Waals surface area contributed by atoms with Crippen LogP contribution in [0.3, 0.4) is 0 Å². The smallest absolute Gasteiger partial charge is 0.220 e. The van der Waals surface area contributed by atoms with E-state index in [-0.39, 0.29) is 0 Å². The minimum absolute atomic E-state index is 0.624. The van der Waals surface area contributed by atoms with Gasteiger partial charge in [-0.2, -0.15) is 20.0 Å². The van der Waals surface area contributed by atoms with E-state index in [0.717, 1.165) is 61.7 Å². The van der Waals surface area contributed by atoms with Crippen molar-refractivity contribution in [1.29, 1.82) is 0 Å². The predicted octanol–water partition coefficient (Wildman–Crippen LogP) is 3.15. The monoisotopic (exact) mass is 438 g/mol. The molecule has 1 aromatic carbocycles. The van der Waals surface area contributed by atoms with Gasteiger partial charge in [0.2, 0.25) is 4.77 Å². The number of nitrogens with one attached hydrogen (secondary N) is 1. The molecule has 0 atom stereocenters. The van der Waals surface area contributed by atoms with Crippen molar-refractivity contribution in [3.8, 4) is 11.3 Å². The number of hydrogen-bond donors (Lipinski definition) is 1. The van der Waals surface area contributed by atoms with Crippen molar-refractivity contribution in [1.82, 2.24) is 34.5 Å². The SMILES string of the molecule is CCCc1nn(CN2CCN(C)CC2)c(=S)n1/N=C/c1cn[nH]c1-c1ccc(C)cc1. The Kier molecular flexibility index (Phi) is 6.74. The number of benzene rings is 1. The highest BCUT2D eigenvalue weighted by atomic mass is 32.1. The quantitative estimate of drug-likeness (QED) is 0.453. The van der Waals surface area contributed by atoms with E-state index >= 15 is 0 Å². The minimum atomic E-state index is 0.624. The summed E-state index contributed by atoms with van der Waals surface area (Å²) >= 11 is 5.74. The largest absolute Gasteiger partial charge is 0.304 e. The van der Waals surface area contributed by atoms with Crippen LogP contribution in [-0.4, -0.2) is 73.9 Å². The van der Waals surface area contributed by atoms with Crippen molar-refractivity contribution in [3.63, 3.8) is 0 Å². The highest BCUT2D eigenvalue weighted by Crippen LogP contribution is 2.20. The van der Waals surface area contributed by atoms with Crippen molar-refractivity contribution in [3.05, 3.63) is 52.2 Å². The van der Waals surface area contributed by atoms with Gasteiger partial charge in [-0.05, 0) is 32.6 Å². The Morgan fingerprint density at radius 3 is 2.61 bits per heavy atom. The molecule has 1 aliphatic heterocycles. The third-order valence-corrected chi connectivity index (χ3v) is 5.99. The first-order valence-electron chi connectivity index (χ1n) is 10.8. The van der Waals surface area contributed by atoms with Gasteiger partial charge < -0.3 is 4.90 Å². The van der Waals surface area contributed by atoms with E-state index in [1.165, 1.54) is 5.56 Å². The van der Waals surface area contributed by atoms with Crippen LogP contribution in [-0.2, 0) is 13.1 Å². The van der Waals surface area contributed by atoms with Crippen LogP contribution in [0.4, 0.5) is 0 Å². The summed E-state index contributed by atoms with van der Waals surface area (Å²) in [4.78, 5) is 4.73. The van der Waals surface area contributed by atoms with Crippen LogP contribution < -0.4 is 0 Å². The first-order chi connectivity index (χ1) is 15.0. The van der Waals surface area contributed by atoms with E-state index in [1.54, 1.807) is 10.9 Å². The molecule has 1 aliphatic rings. The number of H-pyrrole nitrogens is 1. The van der Waals surface area contributed by atoms with E-state index in [9.17, 15) is 0 Å². The van der Waals surface area contributed by atoms with E-state index in [2.05, 4.69) is 65.2 Å². The number of likely N-dealkylation sites (N-methyl/N-ethyl adjacent to an activating group) is 1. The normalized spacial score (nSPS) is 15.8. The van der Waals surface area contributed by atoms with Crippen LogP contribution >= 0.6 is 12.2 Å². The lowest BCUT2D eigenvalue weighted by molar-refractivity contribution is 0.118. The topological polar surface area (TPSA) is 70.3 Å². The maximum atomic E-state index is 5.74. The van der Waals surface area contributed by atoms with Gasteiger partial charge in [0.05, 0.1) is 24.8 Å². The molecule has 3 aromatic rings. The molecular weight excluding hydrogens is 408 g/mol. The lowest BCUT2D eigenvalue weighted by atomic mass is 10.1. The summed E-state index contributed by atoms with van der Waals surface area (Å²) in [5.74, 6) is 0.887. The second kappa shape index (κ2) is 9.67. The van der Waals surface area contributed by atoms with Crippen LogP contribution in [0.25, 0.3) is 11.3 Å². The molecule has 0 aliphatic carbocycles. The van der Waals surface area contributed by atoms with Crippen molar-refractivity contribution >= 4 is 18.4 Å². The summed E-state index contributed by atoms with van der Waals surface area (Å²) < 4.78 is 4.32. The van der Waals surface area contributed by atoms with Crippen molar-refractivity contribution in [2.24, 2.45) is 5.10 Å². The van der Waals surface area contributed by atoms with E-state index in [1.807, 2.05) is 10.9 Å². The Hall–Kier alpha value is -2.62. The standard InChI is InChI=1S/C22H30N8S/c1-4-5-20-26-29(16-28-12-10-27(3)11-13-28)22(31)30(20)24-15-19-14-23-25-21(19)18-8-6-17(2)7-9-18/h6-9,14-15H,4-5,10-13,16H2,1-3H3,(H,23,25)/b24-15+.